The maximum absolute atomic E-state index is 14.3. The molecule has 1 aromatic carbocycles. The first-order valence-electron chi connectivity index (χ1n) is 9.12. The normalized spacial score (nSPS) is 20.4. The molecule has 1 fully saturated rings. The van der Waals surface area contributed by atoms with E-state index >= 15 is 0 Å². The molecule has 2 aromatic rings. The highest BCUT2D eigenvalue weighted by atomic mass is 19.1. The Kier molecular flexibility index (Phi) is 4.71. The van der Waals surface area contributed by atoms with Crippen molar-refractivity contribution >= 4 is 11.7 Å². The minimum atomic E-state index is -0.130. The van der Waals surface area contributed by atoms with E-state index in [0.29, 0.717) is 0 Å². The molecular formula is C21H22FN5. The van der Waals surface area contributed by atoms with Gasteiger partial charge in [-0.25, -0.2) is 19.4 Å². The summed E-state index contributed by atoms with van der Waals surface area (Å²) in [5.74, 6) is 0.851. The van der Waals surface area contributed by atoms with Gasteiger partial charge in [0, 0.05) is 37.9 Å². The number of benzene rings is 1. The van der Waals surface area contributed by atoms with Crippen molar-refractivity contribution in [3.8, 4) is 0 Å². The summed E-state index contributed by atoms with van der Waals surface area (Å²) in [5, 5.41) is 0. The molecule has 5 nitrogen and oxygen atoms in total. The van der Waals surface area contributed by atoms with Crippen LogP contribution in [0, 0.1) is 5.82 Å². The molecule has 2 aliphatic heterocycles. The van der Waals surface area contributed by atoms with Gasteiger partial charge in [0.25, 0.3) is 0 Å². The van der Waals surface area contributed by atoms with Crippen molar-refractivity contribution in [2.45, 2.75) is 18.8 Å². The number of likely N-dealkylation sites (tertiary alicyclic amines) is 1. The number of nitrogens with zero attached hydrogens (tertiary/aromatic N) is 5. The van der Waals surface area contributed by atoms with Gasteiger partial charge < -0.3 is 9.80 Å². The predicted octanol–water partition coefficient (Wildman–Crippen LogP) is 3.65. The van der Waals surface area contributed by atoms with Crippen molar-refractivity contribution in [3.63, 3.8) is 0 Å². The molecule has 1 aromatic heterocycles. The van der Waals surface area contributed by atoms with Crippen molar-refractivity contribution in [2.75, 3.05) is 20.1 Å². The van der Waals surface area contributed by atoms with Gasteiger partial charge in [0.05, 0.1) is 11.4 Å². The van der Waals surface area contributed by atoms with Gasteiger partial charge in [-0.1, -0.05) is 24.8 Å². The van der Waals surface area contributed by atoms with Crippen LogP contribution >= 0.6 is 0 Å². The molecule has 6 heteroatoms. The van der Waals surface area contributed by atoms with Crippen LogP contribution in [0.3, 0.4) is 0 Å². The van der Waals surface area contributed by atoms with E-state index in [2.05, 4.69) is 21.4 Å². The molecule has 4 rings (SSSR count). The largest absolute Gasteiger partial charge is 0.342 e. The van der Waals surface area contributed by atoms with E-state index < -0.39 is 0 Å². The maximum atomic E-state index is 14.3. The van der Waals surface area contributed by atoms with Crippen LogP contribution in [0.1, 0.15) is 30.0 Å². The fourth-order valence-corrected chi connectivity index (χ4v) is 3.67. The second-order valence-electron chi connectivity index (χ2n) is 6.89. The number of allylic oxidation sites excluding steroid dienone is 1. The number of aromatic nitrogens is 2. The summed E-state index contributed by atoms with van der Waals surface area (Å²) in [5.41, 5.74) is 3.16. The van der Waals surface area contributed by atoms with Crippen LogP contribution in [-0.4, -0.2) is 45.9 Å². The smallest absolute Gasteiger partial charge is 0.206 e. The monoisotopic (exact) mass is 363 g/mol. The van der Waals surface area contributed by atoms with E-state index in [1.54, 1.807) is 12.3 Å². The summed E-state index contributed by atoms with van der Waals surface area (Å²) in [6, 6.07) is 8.90. The van der Waals surface area contributed by atoms with Gasteiger partial charge in [-0.05, 0) is 36.6 Å². The molecule has 138 valence electrons. The number of hydrogen-bond donors (Lipinski definition) is 0. The highest BCUT2D eigenvalue weighted by Crippen LogP contribution is 2.31. The van der Waals surface area contributed by atoms with Crippen molar-refractivity contribution in [3.05, 3.63) is 78.3 Å². The highest BCUT2D eigenvalue weighted by molar-refractivity contribution is 5.90. The number of hydrogen-bond acceptors (Lipinski definition) is 5. The number of aliphatic imine (C=N–C) groups is 1. The third-order valence-corrected chi connectivity index (χ3v) is 5.15. The Labute approximate surface area is 158 Å². The lowest BCUT2D eigenvalue weighted by Crippen LogP contribution is -2.47. The number of guanidine groups is 1. The maximum Gasteiger partial charge on any atom is 0.206 e. The number of halogens is 1. The Hall–Kier alpha value is -3.02. The zero-order valence-corrected chi connectivity index (χ0v) is 15.3. The third-order valence-electron chi connectivity index (χ3n) is 5.15. The molecule has 27 heavy (non-hydrogen) atoms. The van der Waals surface area contributed by atoms with Crippen LogP contribution in [0.4, 0.5) is 4.39 Å². The van der Waals surface area contributed by atoms with E-state index in [1.807, 2.05) is 36.2 Å². The Morgan fingerprint density at radius 2 is 2.07 bits per heavy atom. The Balaban J connectivity index is 1.63. The van der Waals surface area contributed by atoms with E-state index in [0.717, 1.165) is 54.5 Å². The Bertz CT molecular complexity index is 906. The zero-order chi connectivity index (χ0) is 18.8. The zero-order valence-electron chi connectivity index (χ0n) is 15.3. The van der Waals surface area contributed by atoms with Crippen molar-refractivity contribution in [1.82, 2.24) is 19.8 Å². The minimum Gasteiger partial charge on any atom is -0.342 e. The van der Waals surface area contributed by atoms with Crippen LogP contribution in [0.15, 0.2) is 66.2 Å². The predicted molar refractivity (Wildman–Crippen MR) is 104 cm³/mol. The summed E-state index contributed by atoms with van der Waals surface area (Å²) in [7, 11) is 1.96. The number of piperidine rings is 1. The Morgan fingerprint density at radius 3 is 2.85 bits per heavy atom. The molecule has 0 radical (unpaired) electrons. The topological polar surface area (TPSA) is 44.6 Å². The van der Waals surface area contributed by atoms with E-state index in [-0.39, 0.29) is 11.7 Å². The van der Waals surface area contributed by atoms with E-state index in [1.165, 1.54) is 12.4 Å². The molecule has 0 saturated carbocycles. The molecule has 0 spiro atoms. The fourth-order valence-electron chi connectivity index (χ4n) is 3.67. The van der Waals surface area contributed by atoms with Crippen molar-refractivity contribution in [1.29, 1.82) is 0 Å². The van der Waals surface area contributed by atoms with Gasteiger partial charge in [0.2, 0.25) is 5.96 Å². The minimum absolute atomic E-state index is 0.130. The molecule has 0 aliphatic carbocycles. The lowest BCUT2D eigenvalue weighted by atomic mass is 9.90. The molecule has 2 aliphatic rings. The first-order chi connectivity index (χ1) is 13.1. The van der Waals surface area contributed by atoms with Crippen LogP contribution in [0.25, 0.3) is 5.70 Å². The molecule has 0 N–H and O–H groups in total. The summed E-state index contributed by atoms with van der Waals surface area (Å²) in [6.07, 6.45) is 7.11. The average Bonchev–Trinajstić information content (AvgIpc) is 2.71. The second kappa shape index (κ2) is 7.31. The van der Waals surface area contributed by atoms with Gasteiger partial charge in [-0.3, -0.25) is 0 Å². The van der Waals surface area contributed by atoms with Gasteiger partial charge in [0.15, 0.2) is 0 Å². The first-order valence-corrected chi connectivity index (χ1v) is 9.12. The standard InChI is InChI=1S/C21H22FN5/c1-15-12-20(19-9-10-23-14-24-19)25-21(26(15)2)27-11-5-6-16(13-27)17-7-3-4-8-18(17)22/h3-4,7-10,12,14,16H,1,5-6,11,13H2,2H3/t16-/m1/s1. The van der Waals surface area contributed by atoms with Crippen LogP contribution in [-0.2, 0) is 0 Å². The fraction of sp³-hybridized carbons (Fsp3) is 0.286. The summed E-state index contributed by atoms with van der Waals surface area (Å²) >= 11 is 0. The van der Waals surface area contributed by atoms with Crippen LogP contribution in [0.5, 0.6) is 0 Å². The molecule has 3 heterocycles. The molecule has 0 unspecified atom stereocenters. The molecular weight excluding hydrogens is 341 g/mol. The summed E-state index contributed by atoms with van der Waals surface area (Å²) in [6.45, 7) is 5.76. The quantitative estimate of drug-likeness (QED) is 0.817. The Morgan fingerprint density at radius 1 is 1.22 bits per heavy atom. The lowest BCUT2D eigenvalue weighted by Gasteiger charge is -2.39. The molecule has 0 bridgehead atoms. The lowest BCUT2D eigenvalue weighted by molar-refractivity contribution is 0.280. The summed E-state index contributed by atoms with van der Waals surface area (Å²) < 4.78 is 14.3. The van der Waals surface area contributed by atoms with Crippen LogP contribution in [0.2, 0.25) is 0 Å². The first kappa shape index (κ1) is 17.4. The second-order valence-corrected chi connectivity index (χ2v) is 6.89. The average molecular weight is 363 g/mol. The molecule has 0 amide bonds. The summed E-state index contributed by atoms with van der Waals surface area (Å²) in [4.78, 5) is 17.3. The van der Waals surface area contributed by atoms with E-state index in [4.69, 9.17) is 4.99 Å². The van der Waals surface area contributed by atoms with Crippen LogP contribution < -0.4 is 0 Å². The molecule has 1 saturated heterocycles. The van der Waals surface area contributed by atoms with Gasteiger partial charge in [-0.15, -0.1) is 0 Å². The SMILES string of the molecule is C=C1C=C(c2ccncn2)N=C(N2CCC[C@@H](c3ccccc3F)C2)N1C. The number of likely N-dealkylation sites (N-methyl/N-ethyl adjacent to an activating group) is 1. The van der Waals surface area contributed by atoms with E-state index in [9.17, 15) is 4.39 Å². The van der Waals surface area contributed by atoms with Crippen molar-refractivity contribution < 1.29 is 4.39 Å². The highest BCUT2D eigenvalue weighted by Gasteiger charge is 2.29. The third kappa shape index (κ3) is 3.47. The van der Waals surface area contributed by atoms with Gasteiger partial charge in [0.1, 0.15) is 12.1 Å². The van der Waals surface area contributed by atoms with Crippen molar-refractivity contribution in [2.24, 2.45) is 4.99 Å². The number of rotatable bonds is 2. The van der Waals surface area contributed by atoms with Gasteiger partial charge in [-0.2, -0.15) is 0 Å². The molecule has 1 atom stereocenters. The van der Waals surface area contributed by atoms with Gasteiger partial charge >= 0.3 is 0 Å².